The molecule has 0 radical (unpaired) electrons. The summed E-state index contributed by atoms with van der Waals surface area (Å²) in [7, 11) is 0. The molecule has 0 atom stereocenters. The lowest BCUT2D eigenvalue weighted by atomic mass is 9.90. The first-order chi connectivity index (χ1) is 13.2. The molecule has 1 saturated heterocycles. The van der Waals surface area contributed by atoms with Gasteiger partial charge in [0.05, 0.1) is 10.7 Å². The summed E-state index contributed by atoms with van der Waals surface area (Å²) >= 11 is 1.87. The van der Waals surface area contributed by atoms with E-state index in [1.54, 1.807) is 11.1 Å². The zero-order valence-electron chi connectivity index (χ0n) is 17.5. The van der Waals surface area contributed by atoms with E-state index in [2.05, 4.69) is 49.3 Å². The third-order valence-electron chi connectivity index (χ3n) is 5.64. The Bertz CT molecular complexity index is 698. The van der Waals surface area contributed by atoms with Crippen LogP contribution in [0, 0.1) is 0 Å². The van der Waals surface area contributed by atoms with Crippen molar-refractivity contribution in [2.75, 3.05) is 19.6 Å². The molecule has 148 valence electrons. The maximum Gasteiger partial charge on any atom is 0.0964 e. The zero-order chi connectivity index (χ0) is 19.1. The molecule has 1 aliphatic heterocycles. The van der Waals surface area contributed by atoms with Gasteiger partial charge in [0.15, 0.2) is 0 Å². The predicted molar refractivity (Wildman–Crippen MR) is 119 cm³/mol. The number of rotatable bonds is 4. The summed E-state index contributed by atoms with van der Waals surface area (Å²) < 4.78 is 0. The Morgan fingerprint density at radius 1 is 1.04 bits per heavy atom. The van der Waals surface area contributed by atoms with E-state index in [1.165, 1.54) is 87.3 Å². The highest BCUT2D eigenvalue weighted by Crippen LogP contribution is 2.34. The highest BCUT2D eigenvalue weighted by molar-refractivity contribution is 7.10. The van der Waals surface area contributed by atoms with Gasteiger partial charge in [-0.3, -0.25) is 0 Å². The molecule has 0 unspecified atom stereocenters. The molecule has 27 heavy (non-hydrogen) atoms. The van der Waals surface area contributed by atoms with Crippen molar-refractivity contribution in [3.05, 3.63) is 39.7 Å². The normalized spacial score (nSPS) is 17.9. The largest absolute Gasteiger partial charge is 0.303 e. The minimum atomic E-state index is 0.675. The molecule has 0 spiro atoms. The molecule has 2 heterocycles. The molecule has 1 aliphatic carbocycles. The summed E-state index contributed by atoms with van der Waals surface area (Å²) in [5.41, 5.74) is 5.63. The molecule has 0 amide bonds. The van der Waals surface area contributed by atoms with Crippen LogP contribution in [-0.2, 0) is 12.8 Å². The van der Waals surface area contributed by atoms with Crippen LogP contribution in [0.4, 0.5) is 0 Å². The van der Waals surface area contributed by atoms with Gasteiger partial charge in [0, 0.05) is 16.9 Å². The first-order valence-corrected chi connectivity index (χ1v) is 11.9. The predicted octanol–water partition coefficient (Wildman–Crippen LogP) is 6.69. The van der Waals surface area contributed by atoms with Gasteiger partial charge in [-0.05, 0) is 81.8 Å². The average Bonchev–Trinajstić information content (AvgIpc) is 3.19. The van der Waals surface area contributed by atoms with E-state index in [9.17, 15) is 0 Å². The fourth-order valence-electron chi connectivity index (χ4n) is 4.22. The minimum absolute atomic E-state index is 0.675. The van der Waals surface area contributed by atoms with Crippen LogP contribution in [0.15, 0.2) is 23.6 Å². The first-order valence-electron chi connectivity index (χ1n) is 11.0. The number of hydrogen-bond donors (Lipinski definition) is 0. The molecule has 3 heteroatoms. The van der Waals surface area contributed by atoms with Crippen LogP contribution in [0.3, 0.4) is 0 Å². The second-order valence-corrected chi connectivity index (χ2v) is 8.97. The summed E-state index contributed by atoms with van der Waals surface area (Å²) in [6.45, 7) is 10.3. The molecule has 0 N–H and O–H groups in total. The van der Waals surface area contributed by atoms with Crippen molar-refractivity contribution < 1.29 is 0 Å². The van der Waals surface area contributed by atoms with Crippen molar-refractivity contribution in [2.24, 2.45) is 0 Å². The van der Waals surface area contributed by atoms with Gasteiger partial charge in [0.25, 0.3) is 0 Å². The van der Waals surface area contributed by atoms with Gasteiger partial charge in [-0.1, -0.05) is 39.3 Å². The number of aryl methyl sites for hydroxylation is 2. The highest BCUT2D eigenvalue weighted by atomic mass is 32.1. The maximum absolute atomic E-state index is 5.02. The second-order valence-electron chi connectivity index (χ2n) is 8.08. The fraction of sp³-hybridized carbons (Fsp3) is 0.625. The lowest BCUT2D eigenvalue weighted by Gasteiger charge is -2.30. The third kappa shape index (κ3) is 5.42. The van der Waals surface area contributed by atoms with Crippen molar-refractivity contribution in [2.45, 2.75) is 78.1 Å². The van der Waals surface area contributed by atoms with Gasteiger partial charge in [0.1, 0.15) is 0 Å². The van der Waals surface area contributed by atoms with Crippen LogP contribution >= 0.6 is 11.3 Å². The molecule has 1 fully saturated rings. The molecule has 1 aromatic carbocycles. The maximum atomic E-state index is 5.02. The van der Waals surface area contributed by atoms with Gasteiger partial charge in [0.2, 0.25) is 0 Å². The topological polar surface area (TPSA) is 16.1 Å². The minimum Gasteiger partial charge on any atom is -0.303 e. The molecule has 0 saturated carbocycles. The van der Waals surface area contributed by atoms with E-state index < -0.39 is 0 Å². The van der Waals surface area contributed by atoms with Gasteiger partial charge >= 0.3 is 0 Å². The van der Waals surface area contributed by atoms with E-state index in [-0.39, 0.29) is 0 Å². The Morgan fingerprint density at radius 3 is 2.44 bits per heavy atom. The van der Waals surface area contributed by atoms with E-state index in [1.807, 2.05) is 11.3 Å². The monoisotopic (exact) mass is 384 g/mol. The van der Waals surface area contributed by atoms with Gasteiger partial charge in [-0.15, -0.1) is 11.3 Å². The standard InChI is InChI=1S/C21H28N2S.C3H8/c1-2-11-23-12-9-17(10-13-23)21-22-20(15-24-21)19-8-7-16-5-3-4-6-18(16)14-19;1-3-2/h7-8,14-15,17H,2-6,9-13H2,1H3;3H2,1-2H3. The second kappa shape index (κ2) is 10.4. The summed E-state index contributed by atoms with van der Waals surface area (Å²) in [5, 5.41) is 3.64. The van der Waals surface area contributed by atoms with Crippen LogP contribution in [0.25, 0.3) is 11.3 Å². The number of aromatic nitrogens is 1. The van der Waals surface area contributed by atoms with Crippen LogP contribution in [0.2, 0.25) is 0 Å². The molecule has 2 aromatic rings. The summed E-state index contributed by atoms with van der Waals surface area (Å²) in [6, 6.07) is 7.02. The summed E-state index contributed by atoms with van der Waals surface area (Å²) in [5.74, 6) is 0.675. The molecule has 2 nitrogen and oxygen atoms in total. The number of hydrogen-bond acceptors (Lipinski definition) is 3. The van der Waals surface area contributed by atoms with Crippen LogP contribution in [0.5, 0.6) is 0 Å². The smallest absolute Gasteiger partial charge is 0.0964 e. The van der Waals surface area contributed by atoms with Crippen LogP contribution < -0.4 is 0 Å². The Kier molecular flexibility index (Phi) is 7.90. The third-order valence-corrected chi connectivity index (χ3v) is 6.65. The van der Waals surface area contributed by atoms with Crippen molar-refractivity contribution in [3.63, 3.8) is 0 Å². The Balaban J connectivity index is 0.000000659. The van der Waals surface area contributed by atoms with Gasteiger partial charge in [-0.2, -0.15) is 0 Å². The number of nitrogens with zero attached hydrogens (tertiary/aromatic N) is 2. The Labute approximate surface area is 170 Å². The molecular formula is C24H36N2S. The first kappa shape index (κ1) is 20.5. The van der Waals surface area contributed by atoms with E-state index in [4.69, 9.17) is 4.98 Å². The number of piperidine rings is 1. The van der Waals surface area contributed by atoms with Crippen LogP contribution in [0.1, 0.15) is 81.3 Å². The van der Waals surface area contributed by atoms with Crippen molar-refractivity contribution in [1.29, 1.82) is 0 Å². The lowest BCUT2D eigenvalue weighted by molar-refractivity contribution is 0.212. The van der Waals surface area contributed by atoms with E-state index in [0.717, 1.165) is 0 Å². The summed E-state index contributed by atoms with van der Waals surface area (Å²) in [6.07, 6.45) is 10.3. The van der Waals surface area contributed by atoms with Gasteiger partial charge < -0.3 is 4.90 Å². The SMILES string of the molecule is CCC.CCCN1CCC(c2nc(-c3ccc4c(c3)CCCC4)cs2)CC1. The lowest BCUT2D eigenvalue weighted by Crippen LogP contribution is -2.33. The molecule has 0 bridgehead atoms. The fourth-order valence-corrected chi connectivity index (χ4v) is 5.22. The number of likely N-dealkylation sites (tertiary alicyclic amines) is 1. The van der Waals surface area contributed by atoms with Gasteiger partial charge in [-0.25, -0.2) is 4.98 Å². The van der Waals surface area contributed by atoms with Crippen molar-refractivity contribution in [1.82, 2.24) is 9.88 Å². The number of thiazole rings is 1. The molecule has 4 rings (SSSR count). The van der Waals surface area contributed by atoms with E-state index in [0.29, 0.717) is 5.92 Å². The average molecular weight is 385 g/mol. The number of benzene rings is 1. The molecular weight excluding hydrogens is 348 g/mol. The summed E-state index contributed by atoms with van der Waals surface area (Å²) in [4.78, 5) is 7.63. The molecule has 2 aliphatic rings. The Morgan fingerprint density at radius 2 is 1.74 bits per heavy atom. The van der Waals surface area contributed by atoms with Crippen LogP contribution in [-0.4, -0.2) is 29.5 Å². The quantitative estimate of drug-likeness (QED) is 0.583. The zero-order valence-corrected chi connectivity index (χ0v) is 18.3. The van der Waals surface area contributed by atoms with Crippen molar-refractivity contribution in [3.8, 4) is 11.3 Å². The van der Waals surface area contributed by atoms with Crippen molar-refractivity contribution >= 4 is 11.3 Å². The highest BCUT2D eigenvalue weighted by Gasteiger charge is 2.23. The Hall–Kier alpha value is -1.19. The molecule has 1 aromatic heterocycles. The van der Waals surface area contributed by atoms with E-state index >= 15 is 0 Å². The number of fused-ring (bicyclic) bond motifs is 1.